The summed E-state index contributed by atoms with van der Waals surface area (Å²) in [6.45, 7) is 5.69. The fraction of sp³-hybridized carbons (Fsp3) is 0.385. The molecule has 1 aliphatic heterocycles. The van der Waals surface area contributed by atoms with Gasteiger partial charge < -0.3 is 4.90 Å². The van der Waals surface area contributed by atoms with Crippen LogP contribution in [0.3, 0.4) is 0 Å². The van der Waals surface area contributed by atoms with E-state index in [1.54, 1.807) is 27.9 Å². The molecule has 7 nitrogen and oxygen atoms in total. The van der Waals surface area contributed by atoms with Crippen molar-refractivity contribution in [3.63, 3.8) is 0 Å². The number of carbonyl (C=O) groups excluding carboxylic acids is 1. The number of nitrogens with zero attached hydrogens (tertiary/aromatic N) is 4. The van der Waals surface area contributed by atoms with Crippen LogP contribution in [-0.4, -0.2) is 53.4 Å². The van der Waals surface area contributed by atoms with E-state index < -0.39 is 10.0 Å². The number of aryl methyl sites for hydroxylation is 1. The second kappa shape index (κ2) is 10.1. The third-order valence-electron chi connectivity index (χ3n) is 6.37. The van der Waals surface area contributed by atoms with Crippen LogP contribution in [0.4, 0.5) is 0 Å². The minimum Gasteiger partial charge on any atom is -0.337 e. The van der Waals surface area contributed by atoms with E-state index in [1.165, 1.54) is 0 Å². The molecule has 0 atom stereocenters. The minimum absolute atomic E-state index is 0.0450. The van der Waals surface area contributed by atoms with Crippen LogP contribution >= 0.6 is 0 Å². The normalized spacial score (nSPS) is 14.8. The van der Waals surface area contributed by atoms with Gasteiger partial charge in [-0.25, -0.2) is 8.42 Å². The Bertz CT molecular complexity index is 1250. The number of sulfonamides is 1. The minimum atomic E-state index is -3.55. The number of carbonyl (C=O) groups is 1. The molecule has 2 heterocycles. The standard InChI is InChI=1S/C26H32N4O3S/c1-20-25(34(32,33)29-16-8-5-9-17-29)21(2)30(27-20)19-23-12-14-24(15-13-23)26(31)28(3)18-22-10-6-4-7-11-22/h4,6-7,10-15H,5,8-9,16-19H2,1-3H3. The zero-order valence-corrected chi connectivity index (χ0v) is 20.9. The first-order chi connectivity index (χ1) is 16.3. The molecule has 3 aromatic rings. The molecule has 0 aliphatic carbocycles. The Kier molecular flexibility index (Phi) is 7.19. The molecule has 1 aromatic heterocycles. The summed E-state index contributed by atoms with van der Waals surface area (Å²) < 4.78 is 29.8. The summed E-state index contributed by atoms with van der Waals surface area (Å²) in [4.78, 5) is 14.8. The highest BCUT2D eigenvalue weighted by atomic mass is 32.2. The molecule has 1 fully saturated rings. The highest BCUT2D eigenvalue weighted by Gasteiger charge is 2.31. The number of benzene rings is 2. The van der Waals surface area contributed by atoms with Crippen molar-refractivity contribution in [2.24, 2.45) is 0 Å². The summed E-state index contributed by atoms with van der Waals surface area (Å²) >= 11 is 0. The molecule has 1 amide bonds. The number of piperidine rings is 1. The number of aromatic nitrogens is 2. The van der Waals surface area contributed by atoms with Gasteiger partial charge in [0, 0.05) is 32.2 Å². The van der Waals surface area contributed by atoms with Crippen LogP contribution in [-0.2, 0) is 23.1 Å². The molecule has 0 saturated carbocycles. The van der Waals surface area contributed by atoms with Gasteiger partial charge in [0.25, 0.3) is 5.91 Å². The van der Waals surface area contributed by atoms with Crippen molar-refractivity contribution in [1.29, 1.82) is 0 Å². The first-order valence-electron chi connectivity index (χ1n) is 11.7. The summed E-state index contributed by atoms with van der Waals surface area (Å²) in [5.41, 5.74) is 3.82. The van der Waals surface area contributed by atoms with Gasteiger partial charge in [-0.1, -0.05) is 48.9 Å². The molecule has 34 heavy (non-hydrogen) atoms. The summed E-state index contributed by atoms with van der Waals surface area (Å²) in [7, 11) is -1.75. The van der Waals surface area contributed by atoms with Crippen molar-refractivity contribution in [1.82, 2.24) is 19.0 Å². The van der Waals surface area contributed by atoms with Gasteiger partial charge >= 0.3 is 0 Å². The van der Waals surface area contributed by atoms with Crippen molar-refractivity contribution < 1.29 is 13.2 Å². The van der Waals surface area contributed by atoms with Crippen molar-refractivity contribution in [3.05, 3.63) is 82.7 Å². The Morgan fingerprint density at radius 1 is 0.941 bits per heavy atom. The third kappa shape index (κ3) is 5.08. The molecule has 2 aromatic carbocycles. The highest BCUT2D eigenvalue weighted by Crippen LogP contribution is 2.26. The Balaban J connectivity index is 1.47. The quantitative estimate of drug-likeness (QED) is 0.512. The lowest BCUT2D eigenvalue weighted by atomic mass is 10.1. The first kappa shape index (κ1) is 24.2. The SMILES string of the molecule is Cc1nn(Cc2ccc(C(=O)N(C)Cc3ccccc3)cc2)c(C)c1S(=O)(=O)N1CCCCC1. The van der Waals surface area contributed by atoms with Crippen molar-refractivity contribution in [2.45, 2.75) is 51.1 Å². The van der Waals surface area contributed by atoms with Gasteiger partial charge in [-0.05, 0) is 49.9 Å². The van der Waals surface area contributed by atoms with Crippen LogP contribution in [0.1, 0.15) is 52.1 Å². The van der Waals surface area contributed by atoms with E-state index >= 15 is 0 Å². The average Bonchev–Trinajstić information content (AvgIpc) is 3.13. The molecule has 0 unspecified atom stereocenters. The van der Waals surface area contributed by atoms with Crippen molar-refractivity contribution >= 4 is 15.9 Å². The number of hydrogen-bond donors (Lipinski definition) is 0. The highest BCUT2D eigenvalue weighted by molar-refractivity contribution is 7.89. The Labute approximate surface area is 202 Å². The molecule has 1 saturated heterocycles. The van der Waals surface area contributed by atoms with E-state index in [9.17, 15) is 13.2 Å². The van der Waals surface area contributed by atoms with Crippen LogP contribution in [0.5, 0.6) is 0 Å². The van der Waals surface area contributed by atoms with Gasteiger partial charge in [0.05, 0.1) is 17.9 Å². The van der Waals surface area contributed by atoms with Gasteiger partial charge in [0.2, 0.25) is 10.0 Å². The molecule has 8 heteroatoms. The largest absolute Gasteiger partial charge is 0.337 e. The molecule has 0 radical (unpaired) electrons. The molecular weight excluding hydrogens is 448 g/mol. The third-order valence-corrected chi connectivity index (χ3v) is 8.52. The predicted octanol–water partition coefficient (Wildman–Crippen LogP) is 4.00. The molecule has 0 N–H and O–H groups in total. The summed E-state index contributed by atoms with van der Waals surface area (Å²) in [6.07, 6.45) is 2.87. The Morgan fingerprint density at radius 2 is 1.59 bits per heavy atom. The average molecular weight is 481 g/mol. The molecule has 0 spiro atoms. The number of hydrogen-bond acceptors (Lipinski definition) is 4. The lowest BCUT2D eigenvalue weighted by Crippen LogP contribution is -2.36. The Hall–Kier alpha value is -2.97. The topological polar surface area (TPSA) is 75.5 Å². The molecular formula is C26H32N4O3S. The maximum absolute atomic E-state index is 13.2. The van der Waals surface area contributed by atoms with Crippen LogP contribution in [0.25, 0.3) is 0 Å². The van der Waals surface area contributed by atoms with Crippen LogP contribution in [0.15, 0.2) is 59.5 Å². The summed E-state index contributed by atoms with van der Waals surface area (Å²) in [5.74, 6) is -0.0450. The van der Waals surface area contributed by atoms with E-state index in [0.29, 0.717) is 48.0 Å². The fourth-order valence-electron chi connectivity index (χ4n) is 4.52. The number of rotatable bonds is 7. The van der Waals surface area contributed by atoms with Gasteiger partial charge in [0.1, 0.15) is 4.90 Å². The predicted molar refractivity (Wildman–Crippen MR) is 132 cm³/mol. The van der Waals surface area contributed by atoms with E-state index in [2.05, 4.69) is 5.10 Å². The van der Waals surface area contributed by atoms with Crippen LogP contribution < -0.4 is 0 Å². The van der Waals surface area contributed by atoms with Crippen LogP contribution in [0.2, 0.25) is 0 Å². The second-order valence-electron chi connectivity index (χ2n) is 8.97. The maximum atomic E-state index is 13.2. The second-order valence-corrected chi connectivity index (χ2v) is 10.8. The molecule has 1 aliphatic rings. The first-order valence-corrected chi connectivity index (χ1v) is 13.1. The Morgan fingerprint density at radius 3 is 2.24 bits per heavy atom. The van der Waals surface area contributed by atoms with E-state index in [1.807, 2.05) is 61.5 Å². The van der Waals surface area contributed by atoms with Gasteiger partial charge in [-0.2, -0.15) is 9.40 Å². The smallest absolute Gasteiger partial charge is 0.253 e. The van der Waals surface area contributed by atoms with E-state index in [-0.39, 0.29) is 5.91 Å². The molecule has 0 bridgehead atoms. The van der Waals surface area contributed by atoms with Gasteiger partial charge in [0.15, 0.2) is 0 Å². The van der Waals surface area contributed by atoms with Gasteiger partial charge in [-0.15, -0.1) is 0 Å². The summed E-state index contributed by atoms with van der Waals surface area (Å²) in [6, 6.07) is 17.3. The maximum Gasteiger partial charge on any atom is 0.253 e. The molecule has 180 valence electrons. The molecule has 4 rings (SSSR count). The lowest BCUT2D eigenvalue weighted by molar-refractivity contribution is 0.0785. The van der Waals surface area contributed by atoms with E-state index in [0.717, 1.165) is 30.4 Å². The van der Waals surface area contributed by atoms with Gasteiger partial charge in [-0.3, -0.25) is 9.48 Å². The lowest BCUT2D eigenvalue weighted by Gasteiger charge is -2.26. The zero-order valence-electron chi connectivity index (χ0n) is 20.1. The summed E-state index contributed by atoms with van der Waals surface area (Å²) in [5, 5.41) is 4.53. The van der Waals surface area contributed by atoms with Crippen LogP contribution in [0, 0.1) is 13.8 Å². The monoisotopic (exact) mass is 480 g/mol. The zero-order chi connectivity index (χ0) is 24.3. The fourth-order valence-corrected chi connectivity index (χ4v) is 6.41. The number of amides is 1. The van der Waals surface area contributed by atoms with Crippen molar-refractivity contribution in [3.8, 4) is 0 Å². The van der Waals surface area contributed by atoms with E-state index in [4.69, 9.17) is 0 Å². The van der Waals surface area contributed by atoms with Crippen molar-refractivity contribution in [2.75, 3.05) is 20.1 Å².